The average molecular weight is 1050 g/mol. The van der Waals surface area contributed by atoms with Crippen LogP contribution in [0.1, 0.15) is 49.0 Å². The first-order chi connectivity index (χ1) is 30.9. The zero-order valence-electron chi connectivity index (χ0n) is 41.9. The maximum absolute atomic E-state index is 11.7. The van der Waals surface area contributed by atoms with Gasteiger partial charge in [-0.05, 0) is 58.3 Å². The summed E-state index contributed by atoms with van der Waals surface area (Å²) in [6, 6.07) is 0. The minimum atomic E-state index is -3.34. The maximum Gasteiger partial charge on any atom is 0.410 e. The molecule has 6 heterocycles. The third-order valence-electron chi connectivity index (χ3n) is 11.2. The minimum absolute atomic E-state index is 0. The number of likely N-dealkylation sites (tertiary alicyclic amines) is 2. The summed E-state index contributed by atoms with van der Waals surface area (Å²) in [4.78, 5) is 26.2. The van der Waals surface area contributed by atoms with Crippen LogP contribution < -0.4 is 0 Å². The molecule has 6 fully saturated rings. The van der Waals surface area contributed by atoms with E-state index in [2.05, 4.69) is 19.7 Å². The maximum atomic E-state index is 11.7. The second kappa shape index (κ2) is 25.2. The van der Waals surface area contributed by atoms with Gasteiger partial charge in [-0.15, -0.1) is 0 Å². The number of carbonyl (C=O) groups is 2. The summed E-state index contributed by atoms with van der Waals surface area (Å²) in [5.74, 6) is 0. The molecule has 7 atom stereocenters. The molecule has 404 valence electrons. The van der Waals surface area contributed by atoms with Crippen LogP contribution in [0.3, 0.4) is 0 Å². The molecule has 0 aromatic carbocycles. The Labute approximate surface area is 411 Å². The Bertz CT molecular complexity index is 2110. The van der Waals surface area contributed by atoms with E-state index in [1.165, 1.54) is 33.1 Å². The molecule has 0 aliphatic carbocycles. The van der Waals surface area contributed by atoms with E-state index in [4.69, 9.17) is 38.3 Å². The highest BCUT2D eigenvalue weighted by Gasteiger charge is 2.59. The number of amides is 2. The summed E-state index contributed by atoms with van der Waals surface area (Å²) in [5.41, 5.74) is -0.368. The predicted octanol–water partition coefficient (Wildman–Crippen LogP) is 0.477. The Morgan fingerprint density at radius 1 is 0.638 bits per heavy atom. The number of ether oxygens (including phenoxy) is 7. The third-order valence-corrected chi connectivity index (χ3v) is 14.8. The van der Waals surface area contributed by atoms with Crippen LogP contribution >= 0.6 is 0 Å². The first kappa shape index (κ1) is 64.2. The molecule has 6 rings (SSSR count). The summed E-state index contributed by atoms with van der Waals surface area (Å²) in [5, 5.41) is 28.1. The van der Waals surface area contributed by atoms with Gasteiger partial charge in [0.2, 0.25) is 30.1 Å². The van der Waals surface area contributed by atoms with Crippen LogP contribution in [0, 0.1) is 0 Å². The molecule has 0 aromatic rings. The highest BCUT2D eigenvalue weighted by molar-refractivity contribution is 7.88. The Morgan fingerprint density at radius 3 is 1.32 bits per heavy atom. The van der Waals surface area contributed by atoms with E-state index in [9.17, 15) is 45.1 Å². The molecule has 23 nitrogen and oxygen atoms in total. The average Bonchev–Trinajstić information content (AvgIpc) is 3.60. The van der Waals surface area contributed by atoms with Gasteiger partial charge >= 0.3 is 12.2 Å². The molecule has 0 radical (unpaired) electrons. The number of sulfonamides is 3. The van der Waals surface area contributed by atoms with Crippen LogP contribution in [0.2, 0.25) is 0 Å². The summed E-state index contributed by atoms with van der Waals surface area (Å²) < 4.78 is 107. The number of hydrogen-bond donors (Lipinski definition) is 3. The summed E-state index contributed by atoms with van der Waals surface area (Å²) >= 11 is 0. The summed E-state index contributed by atoms with van der Waals surface area (Å²) in [6.07, 6.45) is 1.17. The number of hydrogen-bond acceptors (Lipinski definition) is 18. The van der Waals surface area contributed by atoms with E-state index in [1.807, 2.05) is 41.5 Å². The molecule has 0 unspecified atom stereocenters. The number of aliphatic hydroxyl groups excluding tert-OH is 2. The number of nitrogens with zero attached hydrogens (tertiary/aromatic N) is 5. The molecule has 6 aliphatic heterocycles. The molecular weight excluding hydrogens is 971 g/mol. The van der Waals surface area contributed by atoms with Crippen molar-refractivity contribution in [3.8, 4) is 0 Å². The topological polar surface area (TPSA) is 281 Å². The van der Waals surface area contributed by atoms with E-state index in [1.54, 1.807) is 26.2 Å². The zero-order chi connectivity index (χ0) is 52.6. The third kappa shape index (κ3) is 19.6. The number of aliphatic hydroxyl groups is 3. The monoisotopic (exact) mass is 1050 g/mol. The Kier molecular flexibility index (Phi) is 23.5. The summed E-state index contributed by atoms with van der Waals surface area (Å²) in [7, 11) is -3.40. The van der Waals surface area contributed by atoms with Crippen molar-refractivity contribution in [3.05, 3.63) is 36.5 Å². The van der Waals surface area contributed by atoms with Gasteiger partial charge < -0.3 is 58.3 Å². The molecular formula is C43H81N5O18S3. The molecule has 1 spiro atoms. The highest BCUT2D eigenvalue weighted by Crippen LogP contribution is 2.39. The van der Waals surface area contributed by atoms with Crippen LogP contribution in [0.25, 0.3) is 0 Å². The predicted molar refractivity (Wildman–Crippen MR) is 259 cm³/mol. The van der Waals surface area contributed by atoms with Crippen molar-refractivity contribution < 1.29 is 83.3 Å². The number of carbonyl (C=O) groups excluding carboxylic acids is 2. The first-order valence-corrected chi connectivity index (χ1v) is 27.0. The van der Waals surface area contributed by atoms with Crippen LogP contribution in [0.4, 0.5) is 9.59 Å². The largest absolute Gasteiger partial charge is 0.444 e. The Hall–Kier alpha value is -2.83. The lowest BCUT2D eigenvalue weighted by molar-refractivity contribution is -0.0890. The van der Waals surface area contributed by atoms with Crippen molar-refractivity contribution in [2.24, 2.45) is 0 Å². The fraction of sp³-hybridized carbons (Fsp3) is 0.814. The fourth-order valence-electron chi connectivity index (χ4n) is 7.12. The van der Waals surface area contributed by atoms with Gasteiger partial charge in [-0.25, -0.2) is 34.8 Å². The van der Waals surface area contributed by atoms with Crippen molar-refractivity contribution in [1.82, 2.24) is 22.7 Å². The van der Waals surface area contributed by atoms with Gasteiger partial charge in [-0.1, -0.05) is 27.2 Å². The van der Waals surface area contributed by atoms with Crippen molar-refractivity contribution >= 4 is 42.3 Å². The molecule has 26 heteroatoms. The fourth-order valence-corrected chi connectivity index (χ4v) is 9.65. The van der Waals surface area contributed by atoms with E-state index >= 15 is 0 Å². The normalized spacial score (nSPS) is 28.6. The van der Waals surface area contributed by atoms with Crippen LogP contribution in [-0.2, 0) is 63.2 Å². The van der Waals surface area contributed by atoms with Gasteiger partial charge in [0, 0.05) is 80.8 Å². The van der Waals surface area contributed by atoms with Gasteiger partial charge in [0.25, 0.3) is 0 Å². The molecule has 6 saturated heterocycles. The lowest BCUT2D eigenvalue weighted by Gasteiger charge is -2.24. The van der Waals surface area contributed by atoms with Gasteiger partial charge in [-0.3, -0.25) is 0 Å². The second-order valence-corrected chi connectivity index (χ2v) is 25.3. The molecule has 3 N–H and O–H groups in total. The van der Waals surface area contributed by atoms with Gasteiger partial charge in [0.05, 0.1) is 63.4 Å². The number of rotatable bonds is 8. The summed E-state index contributed by atoms with van der Waals surface area (Å²) in [6.45, 7) is 25.7. The van der Waals surface area contributed by atoms with Crippen molar-refractivity contribution in [2.75, 3.05) is 126 Å². The first-order valence-electron chi connectivity index (χ1n) is 21.5. The smallest absolute Gasteiger partial charge is 0.410 e. The van der Waals surface area contributed by atoms with E-state index in [0.29, 0.717) is 58.0 Å². The van der Waals surface area contributed by atoms with Gasteiger partial charge in [0.1, 0.15) is 34.6 Å². The van der Waals surface area contributed by atoms with Crippen LogP contribution in [-0.4, -0.2) is 254 Å². The molecule has 0 bridgehead atoms. The number of epoxide rings is 1. The lowest BCUT2D eigenvalue weighted by Crippen LogP contribution is -2.46. The number of methoxy groups -OCH3 is 4. The van der Waals surface area contributed by atoms with Crippen molar-refractivity contribution in [2.45, 2.75) is 102 Å². The molecule has 69 heavy (non-hydrogen) atoms. The van der Waals surface area contributed by atoms with Crippen LogP contribution in [0.5, 0.6) is 0 Å². The molecule has 2 amide bonds. The number of β-amino-alcohol motifs (C(OH)–C–C–N with tert-alkyl or cyclic N) is 2. The lowest BCUT2D eigenvalue weighted by atomic mass is 10.0. The second-order valence-electron chi connectivity index (χ2n) is 19.4. The van der Waals surface area contributed by atoms with Crippen molar-refractivity contribution in [3.63, 3.8) is 0 Å². The Morgan fingerprint density at radius 2 is 1.03 bits per heavy atom. The SMILES string of the molecule is C.C=C1CN(C(=O)OC(C)(C)C)C[C@@H]1OC.C=C1CN(C(=O)OC(C)(C)C)C[C@H]1O.C=C1CN(S(C)(=O)=O)C[C@@H]1OC.CO[C@H]1CN(S(C)(=O)=O)C[C@]1(O)CO.CO[C@H]1CN(S(C)(=O)=O)C[C@]12CO2. The van der Waals surface area contributed by atoms with Gasteiger partial charge in [-0.2, -0.15) is 12.9 Å². The minimum Gasteiger partial charge on any atom is -0.444 e. The highest BCUT2D eigenvalue weighted by atomic mass is 32.2. The van der Waals surface area contributed by atoms with E-state index in [-0.39, 0.29) is 57.1 Å². The molecule has 0 saturated carbocycles. The standard InChI is InChI=1S/C11H19NO3.C10H17NO3.C7H15NO5S.C7H13NO4S.C7H13NO3S.CH4/c1-8-6-12(7-9(8)14-5)10(13)15-11(2,3)4;1-7-5-11(6-8(7)12)9(13)14-10(2,3)4;1-13-6-3-8(14(2,11)12)4-7(6,10)5-9;1-11-6-3-8(13(2,9)10)4-7(6)5-12-7;1-6-4-8(12(3,9)10)5-7(6)11-2;/h9H,1,6-7H2,2-5H3;8,12H,1,5-6H2,2-4H3;6,9-10H,3-5H2,1-2H3;6H,3-5H2,1-2H3;7H,1,4-5H2,2-3H3;1H4/t9-;8-;2*6-,7-;7-;/m01000./s1. The Balaban J connectivity index is 0.000000430. The quantitative estimate of drug-likeness (QED) is 0.220. The van der Waals surface area contributed by atoms with E-state index in [0.717, 1.165) is 21.7 Å². The molecule has 0 aromatic heterocycles. The molecule has 6 aliphatic rings. The van der Waals surface area contributed by atoms with E-state index < -0.39 is 71.8 Å². The van der Waals surface area contributed by atoms with Crippen LogP contribution in [0.15, 0.2) is 36.5 Å². The zero-order valence-corrected chi connectivity index (χ0v) is 44.4. The van der Waals surface area contributed by atoms with Gasteiger partial charge in [0.15, 0.2) is 0 Å². The van der Waals surface area contributed by atoms with Crippen molar-refractivity contribution in [1.29, 1.82) is 0 Å².